The monoisotopic (exact) mass is 485 g/mol. The van der Waals surface area contributed by atoms with Gasteiger partial charge in [0.25, 0.3) is 0 Å². The molecule has 1 unspecified atom stereocenters. The van der Waals surface area contributed by atoms with Gasteiger partial charge in [0.1, 0.15) is 11.6 Å². The maximum absolute atomic E-state index is 13.3. The molecule has 0 spiro atoms. The number of pyridine rings is 1. The van der Waals surface area contributed by atoms with Gasteiger partial charge in [0, 0.05) is 23.0 Å². The summed E-state index contributed by atoms with van der Waals surface area (Å²) >= 11 is 1.40. The topological polar surface area (TPSA) is 81.2 Å². The molecule has 0 saturated carbocycles. The van der Waals surface area contributed by atoms with Crippen LogP contribution < -0.4 is 5.32 Å². The van der Waals surface area contributed by atoms with Crippen LogP contribution in [0.1, 0.15) is 51.2 Å². The third kappa shape index (κ3) is 5.41. The van der Waals surface area contributed by atoms with Gasteiger partial charge in [-0.25, -0.2) is 9.78 Å². The number of rotatable bonds is 7. The molecule has 1 amide bonds. The number of benzene rings is 2. The number of thiazole rings is 1. The van der Waals surface area contributed by atoms with Gasteiger partial charge < -0.3 is 10.1 Å². The number of ether oxygens (including phenoxy) is 1. The predicted molar refractivity (Wildman–Crippen MR) is 136 cm³/mol. The molecular formula is C28H27N3O3S. The molecule has 0 bridgehead atoms. The molecule has 2 heterocycles. The number of carbonyl (C=O) groups excluding carboxylic acids is 2. The van der Waals surface area contributed by atoms with Crippen molar-refractivity contribution in [1.29, 1.82) is 0 Å². The number of hydrogen-bond donors (Lipinski definition) is 1. The number of aromatic nitrogens is 2. The zero-order valence-corrected chi connectivity index (χ0v) is 20.4. The lowest BCUT2D eigenvalue weighted by Gasteiger charge is -2.24. The average Bonchev–Trinajstić information content (AvgIpc) is 3.32. The second-order valence-corrected chi connectivity index (χ2v) is 9.97. The van der Waals surface area contributed by atoms with Gasteiger partial charge in [-0.3, -0.25) is 9.78 Å². The number of esters is 1. The van der Waals surface area contributed by atoms with Gasteiger partial charge in [-0.15, -0.1) is 11.3 Å². The standard InChI is InChI=1S/C28H27N3O3S/c1-18-11-12-24-22(13-18)27(21-9-5-6-10-23(21)31-24)28(33)34-16-20-17-35-26(30-20)14-25(32)29-15-19-7-3-2-4-8-19/h2-10,17-18H,11-16H2,1H3,(H,29,32). The summed E-state index contributed by atoms with van der Waals surface area (Å²) in [6.07, 6.45) is 2.99. The van der Waals surface area contributed by atoms with Crippen molar-refractivity contribution < 1.29 is 14.3 Å². The Bertz CT molecular complexity index is 1370. The number of hydrogen-bond acceptors (Lipinski definition) is 6. The van der Waals surface area contributed by atoms with Crippen LogP contribution in [0.5, 0.6) is 0 Å². The maximum Gasteiger partial charge on any atom is 0.339 e. The SMILES string of the molecule is CC1CCc2nc3ccccc3c(C(=O)OCc3csc(CC(=O)NCc4ccccc4)n3)c2C1. The van der Waals surface area contributed by atoms with Crippen LogP contribution in [-0.2, 0) is 41.9 Å². The van der Waals surface area contributed by atoms with E-state index < -0.39 is 0 Å². The average molecular weight is 486 g/mol. The van der Waals surface area contributed by atoms with Crippen molar-refractivity contribution in [3.63, 3.8) is 0 Å². The number of nitrogens with one attached hydrogen (secondary N) is 1. The lowest BCUT2D eigenvalue weighted by molar-refractivity contribution is -0.120. The molecule has 6 nitrogen and oxygen atoms in total. The van der Waals surface area contributed by atoms with Crippen molar-refractivity contribution in [3.8, 4) is 0 Å². The molecule has 0 saturated heterocycles. The van der Waals surface area contributed by atoms with E-state index in [9.17, 15) is 9.59 Å². The summed E-state index contributed by atoms with van der Waals surface area (Å²) in [5, 5.41) is 6.29. The zero-order valence-electron chi connectivity index (χ0n) is 19.6. The minimum Gasteiger partial charge on any atom is -0.456 e. The van der Waals surface area contributed by atoms with Gasteiger partial charge in [0.15, 0.2) is 0 Å². The van der Waals surface area contributed by atoms with Crippen molar-refractivity contribution in [2.75, 3.05) is 0 Å². The molecule has 5 rings (SSSR count). The summed E-state index contributed by atoms with van der Waals surface area (Å²) in [5.41, 5.74) is 5.17. The Morgan fingerprint density at radius 2 is 1.89 bits per heavy atom. The Morgan fingerprint density at radius 3 is 2.74 bits per heavy atom. The molecule has 35 heavy (non-hydrogen) atoms. The van der Waals surface area contributed by atoms with Crippen molar-refractivity contribution >= 4 is 34.1 Å². The summed E-state index contributed by atoms with van der Waals surface area (Å²) in [6, 6.07) is 17.5. The van der Waals surface area contributed by atoms with Gasteiger partial charge in [0.05, 0.1) is 23.2 Å². The second kappa shape index (κ2) is 10.4. The first-order valence-electron chi connectivity index (χ1n) is 11.9. The number of amides is 1. The zero-order chi connectivity index (χ0) is 24.2. The minimum atomic E-state index is -0.343. The first-order valence-corrected chi connectivity index (χ1v) is 12.8. The van der Waals surface area contributed by atoms with Crippen molar-refractivity contribution in [3.05, 3.63) is 93.1 Å². The van der Waals surface area contributed by atoms with E-state index in [1.165, 1.54) is 11.3 Å². The van der Waals surface area contributed by atoms with E-state index in [2.05, 4.69) is 17.2 Å². The van der Waals surface area contributed by atoms with Crippen molar-refractivity contribution in [2.45, 2.75) is 45.8 Å². The highest BCUT2D eigenvalue weighted by Gasteiger charge is 2.26. The van der Waals surface area contributed by atoms with E-state index in [0.717, 1.165) is 47.0 Å². The minimum absolute atomic E-state index is 0.0714. The van der Waals surface area contributed by atoms with Gasteiger partial charge in [-0.05, 0) is 42.4 Å². The van der Waals surface area contributed by atoms with Gasteiger partial charge in [0.2, 0.25) is 5.91 Å². The van der Waals surface area contributed by atoms with Crippen LogP contribution in [0.4, 0.5) is 0 Å². The van der Waals surface area contributed by atoms with E-state index in [1.807, 2.05) is 60.0 Å². The van der Waals surface area contributed by atoms with E-state index >= 15 is 0 Å². The predicted octanol–water partition coefficient (Wildman–Crippen LogP) is 5.03. The molecule has 4 aromatic rings. The maximum atomic E-state index is 13.3. The first kappa shape index (κ1) is 23.2. The van der Waals surface area contributed by atoms with Gasteiger partial charge in [-0.1, -0.05) is 55.5 Å². The van der Waals surface area contributed by atoms with Crippen molar-refractivity contribution in [2.24, 2.45) is 5.92 Å². The van der Waals surface area contributed by atoms with E-state index in [-0.39, 0.29) is 24.9 Å². The molecule has 2 aromatic heterocycles. The molecule has 7 heteroatoms. The van der Waals surface area contributed by atoms with Crippen LogP contribution >= 0.6 is 11.3 Å². The molecule has 0 fully saturated rings. The molecule has 1 atom stereocenters. The van der Waals surface area contributed by atoms with Crippen LogP contribution in [0.15, 0.2) is 60.0 Å². The third-order valence-corrected chi connectivity index (χ3v) is 7.20. The molecule has 1 N–H and O–H groups in total. The Morgan fingerprint density at radius 1 is 1.09 bits per heavy atom. The van der Waals surface area contributed by atoms with Crippen LogP contribution in [-0.4, -0.2) is 21.8 Å². The van der Waals surface area contributed by atoms with Crippen LogP contribution in [0.3, 0.4) is 0 Å². The number of aryl methyl sites for hydroxylation is 1. The smallest absolute Gasteiger partial charge is 0.339 e. The number of para-hydroxylation sites is 1. The second-order valence-electron chi connectivity index (χ2n) is 9.02. The summed E-state index contributed by atoms with van der Waals surface area (Å²) in [4.78, 5) is 34.9. The molecule has 178 valence electrons. The highest BCUT2D eigenvalue weighted by molar-refractivity contribution is 7.09. The molecular weight excluding hydrogens is 458 g/mol. The fraction of sp³-hybridized carbons (Fsp3) is 0.286. The molecule has 1 aliphatic carbocycles. The Kier molecular flexibility index (Phi) is 6.86. The molecule has 2 aromatic carbocycles. The Balaban J connectivity index is 1.24. The quantitative estimate of drug-likeness (QED) is 0.371. The van der Waals surface area contributed by atoms with Crippen LogP contribution in [0, 0.1) is 5.92 Å². The highest BCUT2D eigenvalue weighted by Crippen LogP contribution is 2.32. The summed E-state index contributed by atoms with van der Waals surface area (Å²) in [7, 11) is 0. The van der Waals surface area contributed by atoms with E-state index in [4.69, 9.17) is 9.72 Å². The fourth-order valence-corrected chi connectivity index (χ4v) is 5.28. The third-order valence-electron chi connectivity index (χ3n) is 6.30. The Labute approximate surface area is 208 Å². The van der Waals surface area contributed by atoms with Gasteiger partial charge in [-0.2, -0.15) is 0 Å². The fourth-order valence-electron chi connectivity index (χ4n) is 4.50. The van der Waals surface area contributed by atoms with Crippen LogP contribution in [0.25, 0.3) is 10.9 Å². The molecule has 0 radical (unpaired) electrons. The molecule has 1 aliphatic rings. The first-order chi connectivity index (χ1) is 17.1. The number of carbonyl (C=O) groups is 2. The molecule has 0 aliphatic heterocycles. The number of nitrogens with zero attached hydrogens (tertiary/aromatic N) is 2. The number of fused-ring (bicyclic) bond motifs is 2. The highest BCUT2D eigenvalue weighted by atomic mass is 32.1. The van der Waals surface area contributed by atoms with Gasteiger partial charge >= 0.3 is 5.97 Å². The lowest BCUT2D eigenvalue weighted by Crippen LogP contribution is -2.24. The lowest BCUT2D eigenvalue weighted by atomic mass is 9.84. The van der Waals surface area contributed by atoms with Crippen LogP contribution in [0.2, 0.25) is 0 Å². The van der Waals surface area contributed by atoms with Crippen molar-refractivity contribution in [1.82, 2.24) is 15.3 Å². The summed E-state index contributed by atoms with van der Waals surface area (Å²) < 4.78 is 5.72. The van der Waals surface area contributed by atoms with E-state index in [0.29, 0.717) is 28.7 Å². The van der Waals surface area contributed by atoms with E-state index in [1.54, 1.807) is 0 Å². The summed E-state index contributed by atoms with van der Waals surface area (Å²) in [6.45, 7) is 2.76. The normalized spacial score (nSPS) is 14.9. The summed E-state index contributed by atoms with van der Waals surface area (Å²) in [5.74, 6) is 0.0750. The largest absolute Gasteiger partial charge is 0.456 e. The Hall–Kier alpha value is -3.58.